The highest BCUT2D eigenvalue weighted by Gasteiger charge is 2.54. The standard InChI is InChI=1S/C18H22N10O6S3/c1-33-5-3-4-27-18(22-25-26-27)36-7-8-6-35-15-10(14(30)28(15)11(8)16(31)32)20-13(29)9(23-34-2)12-21-17(19)37-24-12/h10,15H,3-7H2,1-2H3,(H,20,29)(H,31,32)(H2,19,21,24)/t10?,15-/m1/s1. The number of anilines is 1. The topological polar surface area (TPSA) is 213 Å². The quantitative estimate of drug-likeness (QED) is 0.0920. The van der Waals surface area contributed by atoms with Crippen molar-refractivity contribution in [1.82, 2.24) is 39.8 Å². The summed E-state index contributed by atoms with van der Waals surface area (Å²) in [7, 11) is 2.86. The van der Waals surface area contributed by atoms with Crippen molar-refractivity contribution in [2.75, 3.05) is 38.1 Å². The minimum atomic E-state index is -1.23. The van der Waals surface area contributed by atoms with E-state index in [1.807, 2.05) is 0 Å². The van der Waals surface area contributed by atoms with Crippen LogP contribution in [0.25, 0.3) is 0 Å². The van der Waals surface area contributed by atoms with E-state index in [2.05, 4.69) is 35.4 Å². The Labute approximate surface area is 222 Å². The Hall–Kier alpha value is -3.29. The number of amides is 2. The van der Waals surface area contributed by atoms with Gasteiger partial charge in [-0.25, -0.2) is 9.48 Å². The van der Waals surface area contributed by atoms with E-state index in [1.165, 1.54) is 35.5 Å². The molecule has 4 rings (SSSR count). The number of methoxy groups -OCH3 is 1. The van der Waals surface area contributed by atoms with Crippen LogP contribution in [0.5, 0.6) is 0 Å². The van der Waals surface area contributed by atoms with Gasteiger partial charge in [0.2, 0.25) is 16.7 Å². The summed E-state index contributed by atoms with van der Waals surface area (Å²) in [5.74, 6) is -1.98. The van der Waals surface area contributed by atoms with Gasteiger partial charge >= 0.3 is 5.97 Å². The summed E-state index contributed by atoms with van der Waals surface area (Å²) in [5.41, 5.74) is 5.77. The molecule has 2 aromatic rings. The van der Waals surface area contributed by atoms with Crippen molar-refractivity contribution in [3.63, 3.8) is 0 Å². The Morgan fingerprint density at radius 2 is 2.19 bits per heavy atom. The van der Waals surface area contributed by atoms with Crippen LogP contribution >= 0.6 is 35.1 Å². The molecule has 0 aliphatic carbocycles. The number of hydrogen-bond donors (Lipinski definition) is 3. The summed E-state index contributed by atoms with van der Waals surface area (Å²) in [6, 6.07) is -0.966. The second kappa shape index (κ2) is 11.8. The number of oxime groups is 1. The molecule has 2 aliphatic rings. The van der Waals surface area contributed by atoms with Crippen molar-refractivity contribution in [1.29, 1.82) is 0 Å². The summed E-state index contributed by atoms with van der Waals surface area (Å²) in [6.07, 6.45) is 0.716. The third-order valence-corrected chi connectivity index (χ3v) is 8.11. The maximum absolute atomic E-state index is 13.0. The van der Waals surface area contributed by atoms with Crippen molar-refractivity contribution in [3.05, 3.63) is 17.1 Å². The number of nitrogens with zero attached hydrogens (tertiary/aromatic N) is 8. The lowest BCUT2D eigenvalue weighted by Gasteiger charge is -2.49. The van der Waals surface area contributed by atoms with E-state index in [1.54, 1.807) is 11.8 Å². The molecule has 0 spiro atoms. The van der Waals surface area contributed by atoms with Gasteiger partial charge in [0.15, 0.2) is 5.13 Å². The predicted molar refractivity (Wildman–Crippen MR) is 133 cm³/mol. The van der Waals surface area contributed by atoms with Crippen LogP contribution in [0.1, 0.15) is 12.2 Å². The Morgan fingerprint density at radius 1 is 1.38 bits per heavy atom. The third-order valence-electron chi connectivity index (χ3n) is 5.18. The normalized spacial score (nSPS) is 19.5. The molecule has 1 fully saturated rings. The average molecular weight is 571 g/mol. The number of rotatable bonds is 12. The Kier molecular flexibility index (Phi) is 8.56. The molecule has 16 nitrogen and oxygen atoms in total. The monoisotopic (exact) mass is 570 g/mol. The van der Waals surface area contributed by atoms with Gasteiger partial charge in [-0.2, -0.15) is 9.36 Å². The molecule has 2 atom stereocenters. The lowest BCUT2D eigenvalue weighted by molar-refractivity contribution is -0.150. The molecule has 37 heavy (non-hydrogen) atoms. The number of thioether (sulfide) groups is 2. The predicted octanol–water partition coefficient (Wildman–Crippen LogP) is -0.975. The molecule has 19 heteroatoms. The van der Waals surface area contributed by atoms with Crippen LogP contribution in [0.3, 0.4) is 0 Å². The molecular formula is C18H22N10O6S3. The molecule has 2 aromatic heterocycles. The maximum atomic E-state index is 13.0. The van der Waals surface area contributed by atoms with Gasteiger partial charge in [0, 0.05) is 43.3 Å². The van der Waals surface area contributed by atoms with Gasteiger partial charge in [-0.05, 0) is 22.4 Å². The highest BCUT2D eigenvalue weighted by Crippen LogP contribution is 2.41. The van der Waals surface area contributed by atoms with Crippen molar-refractivity contribution in [2.24, 2.45) is 5.16 Å². The Bertz CT molecular complexity index is 1250. The van der Waals surface area contributed by atoms with Crippen LogP contribution in [-0.4, -0.2) is 107 Å². The van der Waals surface area contributed by atoms with Crippen LogP contribution < -0.4 is 11.1 Å². The van der Waals surface area contributed by atoms with E-state index in [0.717, 1.165) is 11.5 Å². The molecule has 4 N–H and O–H groups in total. The minimum absolute atomic E-state index is 0.0447. The van der Waals surface area contributed by atoms with E-state index in [4.69, 9.17) is 15.3 Å². The number of carbonyl (C=O) groups is 3. The Morgan fingerprint density at radius 3 is 2.86 bits per heavy atom. The molecule has 0 radical (unpaired) electrons. The fraction of sp³-hybridized carbons (Fsp3) is 0.500. The van der Waals surface area contributed by atoms with Crippen molar-refractivity contribution in [2.45, 2.75) is 29.5 Å². The van der Waals surface area contributed by atoms with Gasteiger partial charge in [0.05, 0.1) is 0 Å². The largest absolute Gasteiger partial charge is 0.477 e. The van der Waals surface area contributed by atoms with Gasteiger partial charge in [-0.3, -0.25) is 14.5 Å². The summed E-state index contributed by atoms with van der Waals surface area (Å²) in [4.78, 5) is 47.7. The number of hydrogen-bond acceptors (Lipinski definition) is 15. The summed E-state index contributed by atoms with van der Waals surface area (Å²) < 4.78 is 10.6. The fourth-order valence-corrected chi connectivity index (χ4v) is 6.38. The van der Waals surface area contributed by atoms with Gasteiger partial charge in [0.1, 0.15) is 24.2 Å². The average Bonchev–Trinajstić information content (AvgIpc) is 3.52. The second-order valence-electron chi connectivity index (χ2n) is 7.52. The number of β-lactam (4-membered cyclic amide) rings is 1. The second-order valence-corrected chi connectivity index (χ2v) is 10.3. The number of nitrogens with two attached hydrogens (primary N) is 1. The molecule has 0 saturated carbocycles. The number of carboxylic acid groups (broad SMARTS) is 1. The SMILES string of the molecule is COCCCn1nnnc1SCC1=C(C(=O)O)N2C(=O)C(NC(=O)C(=NOC)c3nsc(N)n3)[C@H]2SC1. The van der Waals surface area contributed by atoms with Crippen LogP contribution in [0.4, 0.5) is 5.13 Å². The van der Waals surface area contributed by atoms with Crippen molar-refractivity contribution in [3.8, 4) is 0 Å². The highest BCUT2D eigenvalue weighted by molar-refractivity contribution is 8.01. The molecular weight excluding hydrogens is 548 g/mol. The first kappa shape index (κ1) is 26.8. The molecule has 2 amide bonds. The summed E-state index contributed by atoms with van der Waals surface area (Å²) in [5, 5.41) is 27.8. The van der Waals surface area contributed by atoms with Gasteiger partial charge < -0.3 is 25.7 Å². The number of nitrogens with one attached hydrogen (secondary N) is 1. The van der Waals surface area contributed by atoms with Crippen molar-refractivity contribution >= 4 is 63.7 Å². The number of aromatic nitrogens is 6. The summed E-state index contributed by atoms with van der Waals surface area (Å²) >= 11 is 3.49. The van der Waals surface area contributed by atoms with Crippen LogP contribution in [0.2, 0.25) is 0 Å². The van der Waals surface area contributed by atoms with Gasteiger partial charge in [0.25, 0.3) is 11.8 Å². The van der Waals surface area contributed by atoms with Gasteiger partial charge in [-0.1, -0.05) is 16.9 Å². The molecule has 2 aliphatic heterocycles. The van der Waals surface area contributed by atoms with E-state index >= 15 is 0 Å². The highest BCUT2D eigenvalue weighted by atomic mass is 32.2. The lowest BCUT2D eigenvalue weighted by atomic mass is 10.0. The molecule has 0 bridgehead atoms. The van der Waals surface area contributed by atoms with Crippen molar-refractivity contribution < 1.29 is 29.1 Å². The van der Waals surface area contributed by atoms with Crippen LogP contribution in [-0.2, 0) is 30.5 Å². The first-order valence-electron chi connectivity index (χ1n) is 10.6. The van der Waals surface area contributed by atoms with Gasteiger partial charge in [-0.15, -0.1) is 16.9 Å². The molecule has 1 saturated heterocycles. The lowest BCUT2D eigenvalue weighted by Crippen LogP contribution is -2.71. The number of nitrogen functional groups attached to an aromatic ring is 1. The number of carbonyl (C=O) groups excluding carboxylic acids is 2. The smallest absolute Gasteiger partial charge is 0.352 e. The third kappa shape index (κ3) is 5.68. The first-order valence-corrected chi connectivity index (χ1v) is 13.5. The minimum Gasteiger partial charge on any atom is -0.477 e. The zero-order valence-corrected chi connectivity index (χ0v) is 22.0. The first-order chi connectivity index (χ1) is 17.8. The Balaban J connectivity index is 1.45. The van der Waals surface area contributed by atoms with E-state index in [0.29, 0.717) is 36.1 Å². The van der Waals surface area contributed by atoms with E-state index < -0.39 is 29.2 Å². The summed E-state index contributed by atoms with van der Waals surface area (Å²) in [6.45, 7) is 1.10. The fourth-order valence-electron chi connectivity index (χ4n) is 3.56. The van der Waals surface area contributed by atoms with Crippen LogP contribution in [0.15, 0.2) is 21.6 Å². The number of aliphatic carboxylic acids is 1. The molecule has 4 heterocycles. The number of aryl methyl sites for hydroxylation is 1. The number of fused-ring (bicyclic) bond motifs is 1. The molecule has 0 aromatic carbocycles. The van der Waals surface area contributed by atoms with E-state index in [9.17, 15) is 19.5 Å². The maximum Gasteiger partial charge on any atom is 0.352 e. The molecule has 198 valence electrons. The number of carboxylic acids is 1. The zero-order chi connectivity index (χ0) is 26.5. The van der Waals surface area contributed by atoms with Crippen LogP contribution in [0, 0.1) is 0 Å². The number of ether oxygens (including phenoxy) is 1. The molecule has 1 unspecified atom stereocenters. The number of tetrazole rings is 1. The zero-order valence-electron chi connectivity index (χ0n) is 19.6. The van der Waals surface area contributed by atoms with E-state index in [-0.39, 0.29) is 28.1 Å².